The zero-order valence-corrected chi connectivity index (χ0v) is 10.5. The molecular weight excluding hydrogens is 242 g/mol. The number of urea groups is 1. The molecule has 18 heavy (non-hydrogen) atoms. The first-order valence-corrected chi connectivity index (χ1v) is 5.52. The van der Waals surface area contributed by atoms with E-state index in [9.17, 15) is 14.4 Å². The van der Waals surface area contributed by atoms with Crippen molar-refractivity contribution < 1.29 is 24.2 Å². The highest BCUT2D eigenvalue weighted by atomic mass is 16.5. The van der Waals surface area contributed by atoms with Gasteiger partial charge in [0.05, 0.1) is 13.2 Å². The second-order valence-corrected chi connectivity index (χ2v) is 3.78. The van der Waals surface area contributed by atoms with Gasteiger partial charge in [-0.2, -0.15) is 0 Å². The van der Waals surface area contributed by atoms with Gasteiger partial charge in [-0.25, -0.2) is 9.59 Å². The Morgan fingerprint density at radius 2 is 1.89 bits per heavy atom. The summed E-state index contributed by atoms with van der Waals surface area (Å²) >= 11 is 0. The molecule has 4 N–H and O–H groups in total. The number of carboxylic acids is 1. The monoisotopic (exact) mass is 261 g/mol. The fourth-order valence-electron chi connectivity index (χ4n) is 0.992. The minimum atomic E-state index is -1.06. The number of nitrogens with one attached hydrogen (secondary N) is 3. The minimum absolute atomic E-state index is 0.0202. The number of hydrogen-bond acceptors (Lipinski definition) is 4. The minimum Gasteiger partial charge on any atom is -0.480 e. The van der Waals surface area contributed by atoms with Gasteiger partial charge in [0.1, 0.15) is 6.61 Å². The van der Waals surface area contributed by atoms with Crippen molar-refractivity contribution in [3.05, 3.63) is 0 Å². The summed E-state index contributed by atoms with van der Waals surface area (Å²) in [4.78, 5) is 32.4. The van der Waals surface area contributed by atoms with Gasteiger partial charge < -0.3 is 25.8 Å². The summed E-state index contributed by atoms with van der Waals surface area (Å²) in [6.45, 7) is 3.39. The Balaban J connectivity index is 3.48. The van der Waals surface area contributed by atoms with Crippen LogP contribution in [0.1, 0.15) is 13.8 Å². The lowest BCUT2D eigenvalue weighted by Gasteiger charge is -2.10. The zero-order chi connectivity index (χ0) is 14.0. The fraction of sp³-hybridized carbons (Fsp3) is 0.700. The van der Waals surface area contributed by atoms with E-state index in [0.29, 0.717) is 0 Å². The molecule has 0 unspecified atom stereocenters. The molecule has 0 rings (SSSR count). The maximum absolute atomic E-state index is 11.2. The Morgan fingerprint density at radius 3 is 2.44 bits per heavy atom. The molecule has 0 aromatic heterocycles. The van der Waals surface area contributed by atoms with Crippen LogP contribution < -0.4 is 16.0 Å². The third-order valence-corrected chi connectivity index (χ3v) is 1.62. The van der Waals surface area contributed by atoms with Gasteiger partial charge in [0.2, 0.25) is 5.91 Å². The molecule has 0 aliphatic heterocycles. The quantitative estimate of drug-likeness (QED) is 0.414. The summed E-state index contributed by atoms with van der Waals surface area (Å²) < 4.78 is 4.70. The molecule has 8 heteroatoms. The van der Waals surface area contributed by atoms with Crippen LogP contribution in [0.3, 0.4) is 0 Å². The van der Waals surface area contributed by atoms with Crippen LogP contribution in [0.4, 0.5) is 4.79 Å². The smallest absolute Gasteiger partial charge is 0.329 e. The van der Waals surface area contributed by atoms with Crippen LogP contribution >= 0.6 is 0 Å². The molecule has 8 nitrogen and oxygen atoms in total. The predicted octanol–water partition coefficient (Wildman–Crippen LogP) is -1.09. The van der Waals surface area contributed by atoms with Gasteiger partial charge in [-0.05, 0) is 13.8 Å². The van der Waals surface area contributed by atoms with Gasteiger partial charge in [-0.3, -0.25) is 4.79 Å². The zero-order valence-electron chi connectivity index (χ0n) is 10.5. The van der Waals surface area contributed by atoms with Gasteiger partial charge >= 0.3 is 12.0 Å². The first-order valence-electron chi connectivity index (χ1n) is 5.52. The van der Waals surface area contributed by atoms with E-state index in [0.717, 1.165) is 0 Å². The summed E-state index contributed by atoms with van der Waals surface area (Å²) in [5, 5.41) is 15.7. The van der Waals surface area contributed by atoms with Crippen LogP contribution in [0, 0.1) is 0 Å². The maximum Gasteiger partial charge on any atom is 0.329 e. The van der Waals surface area contributed by atoms with Crippen LogP contribution in [0.25, 0.3) is 0 Å². The molecule has 0 spiro atoms. The predicted molar refractivity (Wildman–Crippen MR) is 63.1 cm³/mol. The van der Waals surface area contributed by atoms with Crippen LogP contribution in [-0.4, -0.2) is 55.4 Å². The van der Waals surface area contributed by atoms with Crippen molar-refractivity contribution in [2.45, 2.75) is 19.9 Å². The molecule has 0 atom stereocenters. The van der Waals surface area contributed by atoms with Crippen LogP contribution in [0.15, 0.2) is 0 Å². The molecule has 0 aromatic carbocycles. The Labute approximate surface area is 105 Å². The van der Waals surface area contributed by atoms with Crippen molar-refractivity contribution in [2.75, 3.05) is 26.3 Å². The van der Waals surface area contributed by atoms with E-state index in [1.807, 2.05) is 13.8 Å². The Bertz CT molecular complexity index is 293. The highest BCUT2D eigenvalue weighted by Gasteiger charge is 2.05. The van der Waals surface area contributed by atoms with Crippen molar-refractivity contribution in [1.29, 1.82) is 0 Å². The van der Waals surface area contributed by atoms with E-state index in [2.05, 4.69) is 16.0 Å². The number of hydrogen-bond donors (Lipinski definition) is 4. The van der Waals surface area contributed by atoms with Crippen molar-refractivity contribution in [3.8, 4) is 0 Å². The van der Waals surface area contributed by atoms with Crippen LogP contribution in [-0.2, 0) is 14.3 Å². The third-order valence-electron chi connectivity index (χ3n) is 1.62. The number of aliphatic carboxylic acids is 1. The molecule has 0 radical (unpaired) electrons. The summed E-state index contributed by atoms with van der Waals surface area (Å²) in [5.74, 6) is -1.34. The fourth-order valence-corrected chi connectivity index (χ4v) is 0.992. The van der Waals surface area contributed by atoms with E-state index in [-0.39, 0.29) is 31.6 Å². The van der Waals surface area contributed by atoms with E-state index in [1.165, 1.54) is 0 Å². The average Bonchev–Trinajstić information content (AvgIpc) is 2.24. The van der Waals surface area contributed by atoms with Gasteiger partial charge in [-0.1, -0.05) is 0 Å². The second kappa shape index (κ2) is 9.23. The van der Waals surface area contributed by atoms with E-state index in [4.69, 9.17) is 9.84 Å². The second-order valence-electron chi connectivity index (χ2n) is 3.78. The van der Waals surface area contributed by atoms with Gasteiger partial charge in [0.25, 0.3) is 0 Å². The molecular formula is C10H19N3O5. The molecule has 0 heterocycles. The molecule has 0 bridgehead atoms. The largest absolute Gasteiger partial charge is 0.480 e. The molecule has 104 valence electrons. The van der Waals surface area contributed by atoms with E-state index < -0.39 is 18.6 Å². The number of rotatable bonds is 8. The molecule has 3 amide bonds. The third kappa shape index (κ3) is 10.7. The lowest BCUT2D eigenvalue weighted by molar-refractivity contribution is -0.142. The van der Waals surface area contributed by atoms with Gasteiger partial charge in [0.15, 0.2) is 0 Å². The number of ether oxygens (including phenoxy) is 1. The first kappa shape index (κ1) is 16.2. The van der Waals surface area contributed by atoms with Crippen molar-refractivity contribution in [3.63, 3.8) is 0 Å². The number of carbonyl (C=O) groups is 3. The molecule has 0 saturated carbocycles. The molecule has 0 aliphatic rings. The van der Waals surface area contributed by atoms with Crippen LogP contribution in [0.5, 0.6) is 0 Å². The SMILES string of the molecule is CC(C)NC(=O)CNC(=O)NCCOCC(=O)O. The lowest BCUT2D eigenvalue weighted by Crippen LogP contribution is -2.44. The summed E-state index contributed by atoms with van der Waals surface area (Å²) in [6, 6.07) is -0.486. The Morgan fingerprint density at radius 1 is 1.22 bits per heavy atom. The first-order chi connectivity index (χ1) is 8.41. The molecule has 0 aromatic rings. The average molecular weight is 261 g/mol. The highest BCUT2D eigenvalue weighted by molar-refractivity contribution is 5.83. The van der Waals surface area contributed by atoms with Crippen molar-refractivity contribution in [1.82, 2.24) is 16.0 Å². The summed E-state index contributed by atoms with van der Waals surface area (Å²) in [6.07, 6.45) is 0. The van der Waals surface area contributed by atoms with Crippen molar-refractivity contribution in [2.24, 2.45) is 0 Å². The summed E-state index contributed by atoms with van der Waals surface area (Å²) in [5.41, 5.74) is 0. The lowest BCUT2D eigenvalue weighted by atomic mass is 10.4. The Hall–Kier alpha value is -1.83. The van der Waals surface area contributed by atoms with E-state index in [1.54, 1.807) is 0 Å². The van der Waals surface area contributed by atoms with E-state index >= 15 is 0 Å². The maximum atomic E-state index is 11.2. The number of amides is 3. The van der Waals surface area contributed by atoms with Crippen molar-refractivity contribution >= 4 is 17.9 Å². The van der Waals surface area contributed by atoms with Crippen LogP contribution in [0.2, 0.25) is 0 Å². The Kier molecular flexibility index (Phi) is 8.29. The van der Waals surface area contributed by atoms with Gasteiger partial charge in [-0.15, -0.1) is 0 Å². The number of carbonyl (C=O) groups excluding carboxylic acids is 2. The molecule has 0 fully saturated rings. The standard InChI is InChI=1S/C10H19N3O5/c1-7(2)13-8(14)5-12-10(17)11-3-4-18-6-9(15)16/h7H,3-6H2,1-2H3,(H,13,14)(H,15,16)(H2,11,12,17). The molecule has 0 aliphatic carbocycles. The number of carboxylic acid groups (broad SMARTS) is 1. The van der Waals surface area contributed by atoms with Gasteiger partial charge in [0, 0.05) is 12.6 Å². The highest BCUT2D eigenvalue weighted by Crippen LogP contribution is 1.77. The normalized spacial score (nSPS) is 9.94. The topological polar surface area (TPSA) is 117 Å². The molecule has 0 saturated heterocycles. The summed E-state index contributed by atoms with van der Waals surface area (Å²) in [7, 11) is 0.